The van der Waals surface area contributed by atoms with Gasteiger partial charge in [-0.1, -0.05) is 94.8 Å². The zero-order chi connectivity index (χ0) is 21.7. The van der Waals surface area contributed by atoms with E-state index in [1.54, 1.807) is 0 Å². The summed E-state index contributed by atoms with van der Waals surface area (Å²) in [6, 6.07) is 34.3. The Hall–Kier alpha value is -3.37. The van der Waals surface area contributed by atoms with Crippen molar-refractivity contribution in [2.45, 2.75) is 11.5 Å². The molecule has 0 aromatic heterocycles. The van der Waals surface area contributed by atoms with Crippen molar-refractivity contribution in [1.29, 1.82) is 0 Å². The fraction of sp³-hybridized carbons (Fsp3) is 0.107. The molecule has 0 saturated heterocycles. The van der Waals surface area contributed by atoms with Gasteiger partial charge in [-0.2, -0.15) is 0 Å². The van der Waals surface area contributed by atoms with E-state index < -0.39 is 5.41 Å². The van der Waals surface area contributed by atoms with Gasteiger partial charge >= 0.3 is 0 Å². The van der Waals surface area contributed by atoms with E-state index >= 15 is 0 Å². The predicted octanol–water partition coefficient (Wildman–Crippen LogP) is 6.26. The molecule has 2 heterocycles. The molecule has 1 atom stereocenters. The molecule has 2 aliphatic heterocycles. The third-order valence-electron chi connectivity index (χ3n) is 6.54. The lowest BCUT2D eigenvalue weighted by atomic mass is 9.77. The summed E-state index contributed by atoms with van der Waals surface area (Å²) in [5.41, 5.74) is 4.16. The summed E-state index contributed by atoms with van der Waals surface area (Å²) in [6.07, 6.45) is 0. The van der Waals surface area contributed by atoms with Crippen molar-refractivity contribution in [1.82, 2.24) is 0 Å². The molecule has 4 aromatic rings. The van der Waals surface area contributed by atoms with Crippen LogP contribution >= 0.6 is 15.9 Å². The van der Waals surface area contributed by atoms with Crippen LogP contribution in [-0.4, -0.2) is 12.5 Å². The van der Waals surface area contributed by atoms with Crippen molar-refractivity contribution < 1.29 is 9.53 Å². The molecule has 0 fully saturated rings. The van der Waals surface area contributed by atoms with E-state index in [1.807, 2.05) is 71.6 Å². The molecule has 4 aromatic carbocycles. The number of para-hydroxylation sites is 1. The van der Waals surface area contributed by atoms with Crippen LogP contribution in [0.2, 0.25) is 0 Å². The number of ether oxygens (including phenoxy) is 1. The third-order valence-corrected chi connectivity index (χ3v) is 7.03. The maximum atomic E-state index is 14.5. The molecular formula is C28H20BrNO2. The Kier molecular flexibility index (Phi) is 4.44. The van der Waals surface area contributed by atoms with Crippen molar-refractivity contribution in [3.63, 3.8) is 0 Å². The second-order valence-electron chi connectivity index (χ2n) is 8.25. The molecule has 3 nitrogen and oxygen atoms in total. The zero-order valence-corrected chi connectivity index (χ0v) is 18.8. The van der Waals surface area contributed by atoms with Gasteiger partial charge < -0.3 is 4.74 Å². The molecule has 4 heteroatoms. The average molecular weight is 482 g/mol. The number of hydrogen-bond acceptors (Lipinski definition) is 2. The lowest BCUT2D eigenvalue weighted by molar-refractivity contribution is -0.122. The lowest BCUT2D eigenvalue weighted by Crippen LogP contribution is -2.44. The molecule has 32 heavy (non-hydrogen) atoms. The Morgan fingerprint density at radius 3 is 2.09 bits per heavy atom. The maximum absolute atomic E-state index is 14.5. The number of amides is 1. The minimum atomic E-state index is -0.850. The van der Waals surface area contributed by atoms with Gasteiger partial charge in [-0.05, 0) is 41.0 Å². The molecule has 156 valence electrons. The number of anilines is 1. The van der Waals surface area contributed by atoms with E-state index in [1.165, 1.54) is 0 Å². The summed E-state index contributed by atoms with van der Waals surface area (Å²) in [5.74, 6) is 0.822. The summed E-state index contributed by atoms with van der Waals surface area (Å²) >= 11 is 3.59. The van der Waals surface area contributed by atoms with Gasteiger partial charge in [0.25, 0.3) is 0 Å². The van der Waals surface area contributed by atoms with E-state index in [0.29, 0.717) is 6.61 Å². The number of fused-ring (bicyclic) bond motifs is 4. The van der Waals surface area contributed by atoms with Crippen molar-refractivity contribution in [3.8, 4) is 5.75 Å². The second kappa shape index (κ2) is 7.35. The first-order valence-corrected chi connectivity index (χ1v) is 11.5. The van der Waals surface area contributed by atoms with Crippen LogP contribution in [0.15, 0.2) is 108 Å². The Labute approximate surface area is 195 Å². The first kappa shape index (κ1) is 19.3. The number of rotatable bonds is 3. The molecule has 0 N–H and O–H groups in total. The van der Waals surface area contributed by atoms with Gasteiger partial charge in [0, 0.05) is 15.7 Å². The Bertz CT molecular complexity index is 1280. The first-order chi connectivity index (χ1) is 15.7. The van der Waals surface area contributed by atoms with Crippen LogP contribution in [0.25, 0.3) is 0 Å². The normalized spacial score (nSPS) is 18.7. The molecular weight excluding hydrogens is 462 g/mol. The zero-order valence-electron chi connectivity index (χ0n) is 17.2. The summed E-state index contributed by atoms with van der Waals surface area (Å²) < 4.78 is 7.03. The van der Waals surface area contributed by atoms with Crippen LogP contribution < -0.4 is 9.64 Å². The average Bonchev–Trinajstić information content (AvgIpc) is 3.33. The number of halogens is 1. The first-order valence-electron chi connectivity index (χ1n) is 10.7. The summed E-state index contributed by atoms with van der Waals surface area (Å²) in [6.45, 7) is 0.307. The Morgan fingerprint density at radius 2 is 1.41 bits per heavy atom. The highest BCUT2D eigenvalue weighted by atomic mass is 79.9. The fourth-order valence-electron chi connectivity index (χ4n) is 5.12. The predicted molar refractivity (Wildman–Crippen MR) is 129 cm³/mol. The van der Waals surface area contributed by atoms with E-state index in [0.717, 1.165) is 38.2 Å². The molecule has 0 radical (unpaired) electrons. The van der Waals surface area contributed by atoms with Gasteiger partial charge in [0.1, 0.15) is 17.8 Å². The highest BCUT2D eigenvalue weighted by Crippen LogP contribution is 2.55. The van der Waals surface area contributed by atoms with Crippen LogP contribution in [-0.2, 0) is 10.2 Å². The fourth-order valence-corrected chi connectivity index (χ4v) is 5.48. The Morgan fingerprint density at radius 1 is 0.781 bits per heavy atom. The molecule has 0 saturated carbocycles. The Balaban J connectivity index is 1.60. The molecule has 6 rings (SSSR count). The summed E-state index contributed by atoms with van der Waals surface area (Å²) in [5, 5.41) is 0. The SMILES string of the molecule is O=C1N(C(c2ccccc2)c2ccccc2)c2ccccc2C12COc1ccc(Br)cc12. The number of carbonyl (C=O) groups is 1. The molecule has 0 aliphatic carbocycles. The standard InChI is InChI=1S/C28H20BrNO2/c29-21-15-16-25-23(17-21)28(18-32-25)22-13-7-8-14-24(22)30(27(28)31)26(19-9-3-1-4-10-19)20-11-5-2-6-12-20/h1-17,26H,18H2. The van der Waals surface area contributed by atoms with Gasteiger partial charge in [0.05, 0.1) is 6.04 Å². The number of hydrogen-bond donors (Lipinski definition) is 0. The van der Waals surface area contributed by atoms with Crippen LogP contribution in [0.4, 0.5) is 5.69 Å². The van der Waals surface area contributed by atoms with Crippen LogP contribution in [0, 0.1) is 0 Å². The quantitative estimate of drug-likeness (QED) is 0.345. The second-order valence-corrected chi connectivity index (χ2v) is 9.17. The summed E-state index contributed by atoms with van der Waals surface area (Å²) in [4.78, 5) is 16.5. The molecule has 0 bridgehead atoms. The monoisotopic (exact) mass is 481 g/mol. The van der Waals surface area contributed by atoms with Crippen LogP contribution in [0.3, 0.4) is 0 Å². The smallest absolute Gasteiger partial charge is 0.246 e. The van der Waals surface area contributed by atoms with Crippen molar-refractivity contribution in [2.24, 2.45) is 0 Å². The molecule has 1 unspecified atom stereocenters. The number of benzene rings is 4. The van der Waals surface area contributed by atoms with E-state index in [4.69, 9.17) is 4.74 Å². The minimum Gasteiger partial charge on any atom is -0.491 e. The van der Waals surface area contributed by atoms with Gasteiger partial charge in [-0.25, -0.2) is 0 Å². The van der Waals surface area contributed by atoms with Crippen molar-refractivity contribution in [3.05, 3.63) is 130 Å². The van der Waals surface area contributed by atoms with Gasteiger partial charge in [0.2, 0.25) is 5.91 Å². The van der Waals surface area contributed by atoms with Crippen LogP contribution in [0.1, 0.15) is 28.3 Å². The minimum absolute atomic E-state index is 0.0493. The van der Waals surface area contributed by atoms with E-state index in [-0.39, 0.29) is 11.9 Å². The van der Waals surface area contributed by atoms with Crippen molar-refractivity contribution in [2.75, 3.05) is 11.5 Å². The summed E-state index contributed by atoms with van der Waals surface area (Å²) in [7, 11) is 0. The van der Waals surface area contributed by atoms with Gasteiger partial charge in [-0.15, -0.1) is 0 Å². The highest BCUT2D eigenvalue weighted by molar-refractivity contribution is 9.10. The largest absolute Gasteiger partial charge is 0.491 e. The van der Waals surface area contributed by atoms with Crippen LogP contribution in [0.5, 0.6) is 5.75 Å². The van der Waals surface area contributed by atoms with Crippen molar-refractivity contribution >= 4 is 27.5 Å². The van der Waals surface area contributed by atoms with E-state index in [9.17, 15) is 4.79 Å². The third kappa shape index (κ3) is 2.69. The van der Waals surface area contributed by atoms with Gasteiger partial charge in [-0.3, -0.25) is 9.69 Å². The maximum Gasteiger partial charge on any atom is 0.246 e. The molecule has 2 aliphatic rings. The molecule has 1 spiro atoms. The molecule has 1 amide bonds. The van der Waals surface area contributed by atoms with E-state index in [2.05, 4.69) is 52.3 Å². The number of carbonyl (C=O) groups excluding carboxylic acids is 1. The lowest BCUT2D eigenvalue weighted by Gasteiger charge is -2.31. The topological polar surface area (TPSA) is 29.5 Å². The number of nitrogens with zero attached hydrogens (tertiary/aromatic N) is 1. The van der Waals surface area contributed by atoms with Gasteiger partial charge in [0.15, 0.2) is 0 Å². The highest BCUT2D eigenvalue weighted by Gasteiger charge is 2.58.